The van der Waals surface area contributed by atoms with Gasteiger partial charge in [-0.05, 0) is 22.3 Å². The fraction of sp³-hybridized carbons (Fsp3) is 0.192. The molecular formula is C26H23N3O2. The summed E-state index contributed by atoms with van der Waals surface area (Å²) in [5.41, 5.74) is 4.51. The maximum Gasteiger partial charge on any atom is 0.233 e. The van der Waals surface area contributed by atoms with Gasteiger partial charge in [0.05, 0.1) is 12.3 Å². The summed E-state index contributed by atoms with van der Waals surface area (Å²) in [5.74, 6) is 1.57. The monoisotopic (exact) mass is 409 g/mol. The molecule has 0 unspecified atom stereocenters. The minimum atomic E-state index is 0.126. The van der Waals surface area contributed by atoms with E-state index >= 15 is 0 Å². The summed E-state index contributed by atoms with van der Waals surface area (Å²) in [4.78, 5) is 19.0. The molecule has 5 nitrogen and oxygen atoms in total. The standard InChI is InChI=1S/C26H23N3O2/c30-25(16-20-11-13-22(14-12-20)21-9-5-2-6-10-21)29-17-23(18-29)26-27-24(28-31-26)15-19-7-3-1-4-8-19/h1-14,23H,15-18H2. The molecule has 0 N–H and O–H groups in total. The first kappa shape index (κ1) is 19.2. The Kier molecular flexibility index (Phi) is 5.31. The van der Waals surface area contributed by atoms with Crippen molar-refractivity contribution in [2.45, 2.75) is 18.8 Å². The van der Waals surface area contributed by atoms with Crippen molar-refractivity contribution in [3.05, 3.63) is 108 Å². The lowest BCUT2D eigenvalue weighted by molar-refractivity contribution is -0.135. The molecule has 1 fully saturated rings. The molecule has 0 spiro atoms. The molecule has 3 aromatic carbocycles. The average Bonchev–Trinajstić information content (AvgIpc) is 3.22. The van der Waals surface area contributed by atoms with Crippen LogP contribution in [-0.4, -0.2) is 34.0 Å². The van der Waals surface area contributed by atoms with Crippen LogP contribution in [0.3, 0.4) is 0 Å². The van der Waals surface area contributed by atoms with E-state index in [2.05, 4.69) is 34.4 Å². The Bertz CT molecular complexity index is 1150. The lowest BCUT2D eigenvalue weighted by Gasteiger charge is -2.37. The van der Waals surface area contributed by atoms with Gasteiger partial charge in [0, 0.05) is 19.5 Å². The largest absolute Gasteiger partial charge is 0.341 e. The number of hydrogen-bond donors (Lipinski definition) is 0. The molecule has 0 aliphatic carbocycles. The Morgan fingerprint density at radius 3 is 2.19 bits per heavy atom. The van der Waals surface area contributed by atoms with Crippen LogP contribution in [0.15, 0.2) is 89.5 Å². The molecule has 1 aromatic heterocycles. The molecule has 2 heterocycles. The van der Waals surface area contributed by atoms with E-state index < -0.39 is 0 Å². The highest BCUT2D eigenvalue weighted by molar-refractivity contribution is 5.80. The minimum Gasteiger partial charge on any atom is -0.341 e. The van der Waals surface area contributed by atoms with Gasteiger partial charge in [0.25, 0.3) is 0 Å². The van der Waals surface area contributed by atoms with Gasteiger partial charge >= 0.3 is 0 Å². The molecule has 0 atom stereocenters. The summed E-state index contributed by atoms with van der Waals surface area (Å²) >= 11 is 0. The van der Waals surface area contributed by atoms with Gasteiger partial charge in [-0.3, -0.25) is 4.79 Å². The van der Waals surface area contributed by atoms with Gasteiger partial charge < -0.3 is 9.42 Å². The van der Waals surface area contributed by atoms with Crippen LogP contribution < -0.4 is 0 Å². The van der Waals surface area contributed by atoms with Crippen molar-refractivity contribution < 1.29 is 9.32 Å². The van der Waals surface area contributed by atoms with Gasteiger partial charge in [0.1, 0.15) is 0 Å². The van der Waals surface area contributed by atoms with Crippen LogP contribution in [0.1, 0.15) is 28.8 Å². The second kappa shape index (κ2) is 8.56. The normalized spacial score (nSPS) is 13.7. The van der Waals surface area contributed by atoms with E-state index in [0.717, 1.165) is 16.7 Å². The molecule has 154 valence electrons. The fourth-order valence-electron chi connectivity index (χ4n) is 3.85. The summed E-state index contributed by atoms with van der Waals surface area (Å²) in [7, 11) is 0. The number of benzene rings is 3. The van der Waals surface area contributed by atoms with Gasteiger partial charge in [-0.15, -0.1) is 0 Å². The highest BCUT2D eigenvalue weighted by Gasteiger charge is 2.35. The molecular weight excluding hydrogens is 386 g/mol. The third-order valence-corrected chi connectivity index (χ3v) is 5.69. The zero-order valence-corrected chi connectivity index (χ0v) is 17.1. The number of carbonyl (C=O) groups excluding carboxylic acids is 1. The van der Waals surface area contributed by atoms with Crippen LogP contribution >= 0.6 is 0 Å². The van der Waals surface area contributed by atoms with Crippen LogP contribution in [0.4, 0.5) is 0 Å². The number of nitrogens with zero attached hydrogens (tertiary/aromatic N) is 3. The van der Waals surface area contributed by atoms with Crippen molar-refractivity contribution in [2.24, 2.45) is 0 Å². The lowest BCUT2D eigenvalue weighted by Crippen LogP contribution is -2.49. The van der Waals surface area contributed by atoms with Gasteiger partial charge in [0.15, 0.2) is 5.82 Å². The summed E-state index contributed by atoms with van der Waals surface area (Å²) in [6, 6.07) is 28.5. The Labute approximate surface area is 181 Å². The second-order valence-electron chi connectivity index (χ2n) is 7.95. The fourth-order valence-corrected chi connectivity index (χ4v) is 3.85. The van der Waals surface area contributed by atoms with E-state index in [-0.39, 0.29) is 11.8 Å². The first-order valence-corrected chi connectivity index (χ1v) is 10.5. The molecule has 0 saturated carbocycles. The highest BCUT2D eigenvalue weighted by Crippen LogP contribution is 2.27. The lowest BCUT2D eigenvalue weighted by atomic mass is 9.98. The van der Waals surface area contributed by atoms with Crippen LogP contribution in [0.25, 0.3) is 11.1 Å². The van der Waals surface area contributed by atoms with Crippen molar-refractivity contribution in [2.75, 3.05) is 13.1 Å². The van der Waals surface area contributed by atoms with E-state index in [9.17, 15) is 4.79 Å². The number of carbonyl (C=O) groups is 1. The minimum absolute atomic E-state index is 0.126. The molecule has 31 heavy (non-hydrogen) atoms. The zero-order valence-electron chi connectivity index (χ0n) is 17.1. The Balaban J connectivity index is 1.14. The summed E-state index contributed by atoms with van der Waals surface area (Å²) < 4.78 is 5.44. The molecule has 1 saturated heterocycles. The van der Waals surface area contributed by atoms with Gasteiger partial charge in [-0.2, -0.15) is 4.98 Å². The third-order valence-electron chi connectivity index (χ3n) is 5.69. The van der Waals surface area contributed by atoms with Crippen molar-refractivity contribution in [1.82, 2.24) is 15.0 Å². The number of hydrogen-bond acceptors (Lipinski definition) is 4. The van der Waals surface area contributed by atoms with Gasteiger partial charge in [0.2, 0.25) is 11.8 Å². The van der Waals surface area contributed by atoms with Gasteiger partial charge in [-0.25, -0.2) is 0 Å². The number of amides is 1. The van der Waals surface area contributed by atoms with E-state index in [1.54, 1.807) is 0 Å². The van der Waals surface area contributed by atoms with E-state index in [1.165, 1.54) is 5.56 Å². The van der Waals surface area contributed by atoms with Crippen LogP contribution in [0.2, 0.25) is 0 Å². The first-order chi connectivity index (χ1) is 15.2. The summed E-state index contributed by atoms with van der Waals surface area (Å²) in [6.07, 6.45) is 1.06. The Morgan fingerprint density at radius 2 is 1.48 bits per heavy atom. The highest BCUT2D eigenvalue weighted by atomic mass is 16.5. The molecule has 0 radical (unpaired) electrons. The molecule has 5 heteroatoms. The number of aromatic nitrogens is 2. The third kappa shape index (κ3) is 4.40. The SMILES string of the molecule is O=C(Cc1ccc(-c2ccccc2)cc1)N1CC(c2nc(Cc3ccccc3)no2)C1. The molecule has 4 aromatic rings. The summed E-state index contributed by atoms with van der Waals surface area (Å²) in [5, 5.41) is 4.10. The second-order valence-corrected chi connectivity index (χ2v) is 7.95. The van der Waals surface area contributed by atoms with E-state index in [0.29, 0.717) is 37.6 Å². The quantitative estimate of drug-likeness (QED) is 0.471. The van der Waals surface area contributed by atoms with Gasteiger partial charge in [-0.1, -0.05) is 90.1 Å². The maximum atomic E-state index is 12.6. The zero-order chi connectivity index (χ0) is 21.0. The van der Waals surface area contributed by atoms with Crippen LogP contribution in [0, 0.1) is 0 Å². The Hall–Kier alpha value is -3.73. The van der Waals surface area contributed by atoms with Crippen molar-refractivity contribution in [3.8, 4) is 11.1 Å². The van der Waals surface area contributed by atoms with E-state index in [4.69, 9.17) is 4.52 Å². The van der Waals surface area contributed by atoms with Crippen molar-refractivity contribution in [3.63, 3.8) is 0 Å². The first-order valence-electron chi connectivity index (χ1n) is 10.5. The van der Waals surface area contributed by atoms with Crippen LogP contribution in [-0.2, 0) is 17.6 Å². The average molecular weight is 409 g/mol. The topological polar surface area (TPSA) is 59.2 Å². The molecule has 1 aliphatic heterocycles. The number of rotatable bonds is 6. The molecule has 5 rings (SSSR count). The van der Waals surface area contributed by atoms with Crippen LogP contribution in [0.5, 0.6) is 0 Å². The number of likely N-dealkylation sites (tertiary alicyclic amines) is 1. The summed E-state index contributed by atoms with van der Waals surface area (Å²) in [6.45, 7) is 1.27. The van der Waals surface area contributed by atoms with Crippen molar-refractivity contribution >= 4 is 5.91 Å². The molecule has 1 aliphatic rings. The molecule has 1 amide bonds. The Morgan fingerprint density at radius 1 is 0.839 bits per heavy atom. The predicted molar refractivity (Wildman–Crippen MR) is 118 cm³/mol. The smallest absolute Gasteiger partial charge is 0.233 e. The predicted octanol–water partition coefficient (Wildman–Crippen LogP) is 4.50. The van der Waals surface area contributed by atoms with Crippen molar-refractivity contribution in [1.29, 1.82) is 0 Å². The maximum absolute atomic E-state index is 12.6. The van der Waals surface area contributed by atoms with E-state index in [1.807, 2.05) is 65.6 Å². The molecule has 0 bridgehead atoms.